The van der Waals surface area contributed by atoms with Crippen LogP contribution >= 0.6 is 0 Å². The fourth-order valence-electron chi connectivity index (χ4n) is 1.33. The second-order valence-corrected chi connectivity index (χ2v) is 3.60. The van der Waals surface area contributed by atoms with Crippen LogP contribution in [0.15, 0.2) is 0 Å². The number of nitrogens with one attached hydrogen (secondary N) is 1. The van der Waals surface area contributed by atoms with Gasteiger partial charge in [-0.05, 0) is 26.2 Å². The average Bonchev–Trinajstić information content (AvgIpc) is 2.03. The van der Waals surface area contributed by atoms with Gasteiger partial charge in [-0.2, -0.15) is 5.26 Å². The van der Waals surface area contributed by atoms with Crippen molar-refractivity contribution in [2.24, 2.45) is 5.41 Å². The molecule has 0 saturated heterocycles. The molecule has 0 spiro atoms. The Bertz CT molecular complexity index is 240. The van der Waals surface area contributed by atoms with Gasteiger partial charge in [0, 0.05) is 6.04 Å². The summed E-state index contributed by atoms with van der Waals surface area (Å²) in [6.45, 7) is 1.62. The maximum Gasteiger partial charge on any atom is 0.240 e. The molecule has 4 heteroatoms. The van der Waals surface area contributed by atoms with Crippen LogP contribution in [-0.2, 0) is 4.79 Å². The predicted molar refractivity (Wildman–Crippen MR) is 46.6 cm³/mol. The van der Waals surface area contributed by atoms with Crippen molar-refractivity contribution >= 4 is 5.91 Å². The third-order valence-electron chi connectivity index (χ3n) is 2.51. The summed E-state index contributed by atoms with van der Waals surface area (Å²) < 4.78 is 0. The Morgan fingerprint density at radius 1 is 1.77 bits per heavy atom. The minimum atomic E-state index is -0.802. The second-order valence-electron chi connectivity index (χ2n) is 3.60. The smallest absolute Gasteiger partial charge is 0.240 e. The van der Waals surface area contributed by atoms with Gasteiger partial charge in [-0.3, -0.25) is 4.79 Å². The SMILES string of the molecule is C[C@@H](CO)NC(=O)C1(C#N)CCC1. The number of nitriles is 1. The Kier molecular flexibility index (Phi) is 2.89. The first-order chi connectivity index (χ1) is 6.14. The van der Waals surface area contributed by atoms with Crippen LogP contribution in [0.25, 0.3) is 0 Å². The van der Waals surface area contributed by atoms with Crippen molar-refractivity contribution in [3.05, 3.63) is 0 Å². The Labute approximate surface area is 77.6 Å². The molecule has 72 valence electrons. The molecule has 0 aliphatic heterocycles. The molecule has 1 saturated carbocycles. The van der Waals surface area contributed by atoms with Gasteiger partial charge in [0.15, 0.2) is 0 Å². The molecule has 0 aromatic heterocycles. The van der Waals surface area contributed by atoms with Crippen LogP contribution in [0.1, 0.15) is 26.2 Å². The molecule has 0 aromatic carbocycles. The second kappa shape index (κ2) is 3.75. The number of aliphatic hydroxyl groups is 1. The van der Waals surface area contributed by atoms with Gasteiger partial charge in [-0.15, -0.1) is 0 Å². The largest absolute Gasteiger partial charge is 0.394 e. The van der Waals surface area contributed by atoms with E-state index in [-0.39, 0.29) is 18.6 Å². The number of amides is 1. The molecular weight excluding hydrogens is 168 g/mol. The molecule has 1 rings (SSSR count). The van der Waals surface area contributed by atoms with Crippen LogP contribution in [0.2, 0.25) is 0 Å². The highest BCUT2D eigenvalue weighted by molar-refractivity contribution is 5.86. The Hall–Kier alpha value is -1.08. The van der Waals surface area contributed by atoms with Crippen molar-refractivity contribution in [3.63, 3.8) is 0 Å². The number of rotatable bonds is 3. The third-order valence-corrected chi connectivity index (χ3v) is 2.51. The number of carbonyl (C=O) groups excluding carboxylic acids is 1. The van der Waals surface area contributed by atoms with E-state index in [1.165, 1.54) is 0 Å². The van der Waals surface area contributed by atoms with E-state index in [9.17, 15) is 4.79 Å². The lowest BCUT2D eigenvalue weighted by Gasteiger charge is -2.34. The van der Waals surface area contributed by atoms with Crippen molar-refractivity contribution in [3.8, 4) is 6.07 Å². The molecule has 1 atom stereocenters. The van der Waals surface area contributed by atoms with Crippen LogP contribution in [0.5, 0.6) is 0 Å². The lowest BCUT2D eigenvalue weighted by atomic mass is 9.69. The van der Waals surface area contributed by atoms with Gasteiger partial charge < -0.3 is 10.4 Å². The highest BCUT2D eigenvalue weighted by Gasteiger charge is 2.44. The molecule has 0 bridgehead atoms. The summed E-state index contributed by atoms with van der Waals surface area (Å²) in [5.74, 6) is -0.234. The molecule has 4 nitrogen and oxygen atoms in total. The standard InChI is InChI=1S/C9H14N2O2/c1-7(5-12)11-8(13)9(6-10)3-2-4-9/h7,12H,2-5H2,1H3,(H,11,13)/t7-/m0/s1. The van der Waals surface area contributed by atoms with Gasteiger partial charge in [0.05, 0.1) is 12.7 Å². The summed E-state index contributed by atoms with van der Waals surface area (Å²) in [4.78, 5) is 11.5. The summed E-state index contributed by atoms with van der Waals surface area (Å²) in [5.41, 5.74) is -0.802. The number of carbonyl (C=O) groups is 1. The molecule has 0 aromatic rings. The Morgan fingerprint density at radius 2 is 2.38 bits per heavy atom. The number of aliphatic hydroxyl groups excluding tert-OH is 1. The van der Waals surface area contributed by atoms with Crippen LogP contribution in [0.3, 0.4) is 0 Å². The minimum absolute atomic E-state index is 0.0900. The van der Waals surface area contributed by atoms with Crippen LogP contribution in [0.4, 0.5) is 0 Å². The number of hydrogen-bond donors (Lipinski definition) is 2. The molecule has 13 heavy (non-hydrogen) atoms. The summed E-state index contributed by atoms with van der Waals surface area (Å²) in [7, 11) is 0. The quantitative estimate of drug-likeness (QED) is 0.653. The minimum Gasteiger partial charge on any atom is -0.394 e. The molecular formula is C9H14N2O2. The molecule has 1 fully saturated rings. The van der Waals surface area contributed by atoms with E-state index in [4.69, 9.17) is 10.4 Å². The summed E-state index contributed by atoms with van der Waals surface area (Å²) in [5, 5.41) is 20.1. The fourth-order valence-corrected chi connectivity index (χ4v) is 1.33. The van der Waals surface area contributed by atoms with Crippen LogP contribution in [0, 0.1) is 16.7 Å². The van der Waals surface area contributed by atoms with Crippen molar-refractivity contribution in [1.82, 2.24) is 5.32 Å². The number of nitrogens with zero attached hydrogens (tertiary/aromatic N) is 1. The molecule has 2 N–H and O–H groups in total. The van der Waals surface area contributed by atoms with Gasteiger partial charge in [0.1, 0.15) is 5.41 Å². The Balaban J connectivity index is 2.52. The van der Waals surface area contributed by atoms with Crippen LogP contribution < -0.4 is 5.32 Å². The molecule has 1 aliphatic carbocycles. The van der Waals surface area contributed by atoms with E-state index in [1.54, 1.807) is 6.92 Å². The zero-order valence-electron chi connectivity index (χ0n) is 7.71. The first kappa shape index (κ1) is 10.0. The van der Waals surface area contributed by atoms with E-state index < -0.39 is 5.41 Å². The van der Waals surface area contributed by atoms with E-state index in [0.29, 0.717) is 12.8 Å². The lowest BCUT2D eigenvalue weighted by molar-refractivity contribution is -0.132. The lowest BCUT2D eigenvalue weighted by Crippen LogP contribution is -2.48. The summed E-state index contributed by atoms with van der Waals surface area (Å²) in [6.07, 6.45) is 2.23. The van der Waals surface area contributed by atoms with E-state index in [1.807, 2.05) is 0 Å². The molecule has 1 aliphatic rings. The van der Waals surface area contributed by atoms with Gasteiger partial charge >= 0.3 is 0 Å². The first-order valence-corrected chi connectivity index (χ1v) is 4.48. The van der Waals surface area contributed by atoms with Crippen molar-refractivity contribution < 1.29 is 9.90 Å². The van der Waals surface area contributed by atoms with Crippen molar-refractivity contribution in [1.29, 1.82) is 5.26 Å². The van der Waals surface area contributed by atoms with Gasteiger partial charge in [0.2, 0.25) is 5.91 Å². The van der Waals surface area contributed by atoms with E-state index >= 15 is 0 Å². The van der Waals surface area contributed by atoms with Crippen molar-refractivity contribution in [2.45, 2.75) is 32.2 Å². The third kappa shape index (κ3) is 1.81. The predicted octanol–water partition coefficient (Wildman–Crippen LogP) is 0.177. The maximum atomic E-state index is 11.5. The monoisotopic (exact) mass is 182 g/mol. The zero-order valence-corrected chi connectivity index (χ0v) is 7.71. The van der Waals surface area contributed by atoms with E-state index in [2.05, 4.69) is 11.4 Å². The number of hydrogen-bond acceptors (Lipinski definition) is 3. The van der Waals surface area contributed by atoms with Gasteiger partial charge in [-0.1, -0.05) is 0 Å². The van der Waals surface area contributed by atoms with Crippen molar-refractivity contribution in [2.75, 3.05) is 6.61 Å². The average molecular weight is 182 g/mol. The zero-order chi connectivity index (χ0) is 9.90. The first-order valence-electron chi connectivity index (χ1n) is 4.48. The van der Waals surface area contributed by atoms with Crippen LogP contribution in [-0.4, -0.2) is 23.7 Å². The fraction of sp³-hybridized carbons (Fsp3) is 0.778. The van der Waals surface area contributed by atoms with Gasteiger partial charge in [-0.25, -0.2) is 0 Å². The molecule has 0 heterocycles. The summed E-state index contributed by atoms with van der Waals surface area (Å²) >= 11 is 0. The molecule has 0 radical (unpaired) electrons. The normalized spacial score (nSPS) is 21.0. The Morgan fingerprint density at radius 3 is 2.69 bits per heavy atom. The van der Waals surface area contributed by atoms with Gasteiger partial charge in [0.25, 0.3) is 0 Å². The maximum absolute atomic E-state index is 11.5. The highest BCUT2D eigenvalue weighted by atomic mass is 16.3. The topological polar surface area (TPSA) is 73.1 Å². The highest BCUT2D eigenvalue weighted by Crippen LogP contribution is 2.40. The summed E-state index contributed by atoms with van der Waals surface area (Å²) in [6, 6.07) is 1.79. The molecule has 0 unspecified atom stereocenters. The van der Waals surface area contributed by atoms with E-state index in [0.717, 1.165) is 6.42 Å². The molecule has 1 amide bonds.